The molecular weight excluding hydrogens is 613 g/mol. The van der Waals surface area contributed by atoms with Gasteiger partial charge in [0.05, 0.1) is 6.61 Å². The van der Waals surface area contributed by atoms with E-state index in [0.717, 1.165) is 58.7 Å². The maximum absolute atomic E-state index is 6.23. The minimum atomic E-state index is -1.96. The van der Waals surface area contributed by atoms with Crippen LogP contribution in [0.4, 0.5) is 11.6 Å². The Balaban J connectivity index is 1.02. The normalized spacial score (nSPS) is 14.2. The van der Waals surface area contributed by atoms with Crippen LogP contribution in [0.5, 0.6) is 5.75 Å². The lowest BCUT2D eigenvalue weighted by molar-refractivity contribution is -0.515. The molecule has 0 fully saturated rings. The number of amidine groups is 2. The summed E-state index contributed by atoms with van der Waals surface area (Å²) >= 11 is 0. The summed E-state index contributed by atoms with van der Waals surface area (Å²) in [5, 5.41) is 7.16. The van der Waals surface area contributed by atoms with Crippen LogP contribution in [-0.2, 0) is 0 Å². The molecule has 2 aliphatic heterocycles. The number of benzene rings is 3. The van der Waals surface area contributed by atoms with Gasteiger partial charge >= 0.3 is 6.55 Å². The van der Waals surface area contributed by atoms with Crippen LogP contribution < -0.4 is 25.3 Å². The molecule has 0 unspecified atom stereocenters. The Morgan fingerprint density at radius 2 is 0.940 bits per heavy atom. The van der Waals surface area contributed by atoms with Gasteiger partial charge in [-0.3, -0.25) is 10.6 Å². The van der Waals surface area contributed by atoms with Gasteiger partial charge in [-0.25, -0.2) is 0 Å². The Hall–Kier alpha value is -4.39. The largest absolute Gasteiger partial charge is 0.494 e. The molecule has 50 heavy (non-hydrogen) atoms. The monoisotopic (exact) mass is 669 g/mol. The Bertz CT molecular complexity index is 1600. The van der Waals surface area contributed by atoms with Gasteiger partial charge in [0.15, 0.2) is 23.3 Å². The van der Waals surface area contributed by atoms with E-state index >= 15 is 0 Å². The number of unbranched alkanes of at least 4 members (excludes halogenated alkanes) is 15. The third-order valence-corrected chi connectivity index (χ3v) is 10.2. The number of aromatic nitrogens is 1. The van der Waals surface area contributed by atoms with Crippen molar-refractivity contribution in [3.63, 3.8) is 0 Å². The zero-order valence-corrected chi connectivity index (χ0v) is 30.2. The summed E-state index contributed by atoms with van der Waals surface area (Å²) in [4.78, 5) is 10.9. The summed E-state index contributed by atoms with van der Waals surface area (Å²) in [6.45, 7) is 1.08. The van der Waals surface area contributed by atoms with Crippen LogP contribution in [0.1, 0.15) is 121 Å². The van der Waals surface area contributed by atoms with Gasteiger partial charge in [0.25, 0.3) is 0 Å². The van der Waals surface area contributed by atoms with E-state index < -0.39 is 6.55 Å². The van der Waals surface area contributed by atoms with Crippen molar-refractivity contribution in [2.75, 3.05) is 17.2 Å². The Morgan fingerprint density at radius 1 is 0.500 bits per heavy atom. The Kier molecular flexibility index (Phi) is 13.2. The summed E-state index contributed by atoms with van der Waals surface area (Å²) in [7, 11) is 0. The molecule has 3 heterocycles. The summed E-state index contributed by atoms with van der Waals surface area (Å²) in [6, 6.07) is 35.3. The summed E-state index contributed by atoms with van der Waals surface area (Å²) in [6.07, 6.45) is 21.9. The van der Waals surface area contributed by atoms with E-state index in [0.29, 0.717) is 0 Å². The maximum Gasteiger partial charge on any atom is 0.419 e. The van der Waals surface area contributed by atoms with Gasteiger partial charge in [-0.2, -0.15) is 0 Å². The van der Waals surface area contributed by atoms with Crippen LogP contribution in [0.15, 0.2) is 113 Å². The third kappa shape index (κ3) is 9.23. The highest BCUT2D eigenvalue weighted by Gasteiger charge is 2.43. The summed E-state index contributed by atoms with van der Waals surface area (Å²) in [5.41, 5.74) is 3.08. The van der Waals surface area contributed by atoms with Crippen molar-refractivity contribution >= 4 is 35.3 Å². The molecule has 6 nitrogen and oxygen atoms in total. The summed E-state index contributed by atoms with van der Waals surface area (Å²) in [5.74, 6) is 4.41. The van der Waals surface area contributed by atoms with Crippen molar-refractivity contribution in [2.45, 2.75) is 110 Å². The smallest absolute Gasteiger partial charge is 0.419 e. The fourth-order valence-corrected chi connectivity index (χ4v) is 7.37. The SMILES string of the molecule is CCCCCCCCCCCCCCCCCCOc1ccc([B-]23N=C(c4ccccc4)Nc4cccc([n+]42)NC(c2ccccc2)=N3)cc1. The van der Waals surface area contributed by atoms with E-state index in [1.54, 1.807) is 0 Å². The molecule has 6 rings (SSSR count). The van der Waals surface area contributed by atoms with Crippen molar-refractivity contribution in [3.8, 4) is 5.75 Å². The second-order valence-corrected chi connectivity index (χ2v) is 14.1. The number of pyridine rings is 1. The predicted octanol–water partition coefficient (Wildman–Crippen LogP) is 10.1. The third-order valence-electron chi connectivity index (χ3n) is 10.2. The average molecular weight is 670 g/mol. The number of anilines is 2. The van der Waals surface area contributed by atoms with Crippen LogP contribution in [-0.4, -0.2) is 24.8 Å². The highest BCUT2D eigenvalue weighted by atomic mass is 16.5. The molecule has 2 aliphatic rings. The van der Waals surface area contributed by atoms with Crippen molar-refractivity contribution in [1.82, 2.24) is 0 Å². The fourth-order valence-electron chi connectivity index (χ4n) is 7.37. The van der Waals surface area contributed by atoms with Gasteiger partial charge in [-0.1, -0.05) is 152 Å². The molecule has 0 saturated carbocycles. The van der Waals surface area contributed by atoms with Gasteiger partial charge < -0.3 is 19.0 Å². The maximum atomic E-state index is 6.23. The first-order valence-corrected chi connectivity index (χ1v) is 19.5. The number of ether oxygens (including phenoxy) is 1. The zero-order valence-electron chi connectivity index (χ0n) is 30.2. The minimum Gasteiger partial charge on any atom is -0.494 e. The number of rotatable bonds is 21. The van der Waals surface area contributed by atoms with Gasteiger partial charge in [0.2, 0.25) is 0 Å². The topological polar surface area (TPSA) is 61.9 Å². The molecule has 0 aliphatic carbocycles. The minimum absolute atomic E-state index is 0.746. The van der Waals surface area contributed by atoms with E-state index in [4.69, 9.17) is 14.5 Å². The second kappa shape index (κ2) is 18.6. The number of nitrogens with zero attached hydrogens (tertiary/aromatic N) is 3. The lowest BCUT2D eigenvalue weighted by atomic mass is 9.52. The van der Waals surface area contributed by atoms with Crippen LogP contribution in [0.3, 0.4) is 0 Å². The van der Waals surface area contributed by atoms with Crippen molar-refractivity contribution in [1.29, 1.82) is 0 Å². The Morgan fingerprint density at radius 3 is 1.40 bits per heavy atom. The van der Waals surface area contributed by atoms with Crippen LogP contribution in [0.25, 0.3) is 0 Å². The highest BCUT2D eigenvalue weighted by molar-refractivity contribution is 6.85. The standard InChI is InChI=1S/C43H56BN5O/c1-2-3-4-5-6-7-8-9-10-11-12-13-14-15-16-23-35-50-39-33-31-38(32-34-39)44-47-42(36-25-19-17-20-26-36)45-40-29-24-30-41(49(40)44)46-43(48-44)37-27-21-18-22-28-37/h17-22,24-34H,2-16,23,35H2,1H3,(H,45,47)(H,46,48). The van der Waals surface area contributed by atoms with Gasteiger partial charge in [-0.05, 0) is 48.9 Å². The lowest BCUT2D eigenvalue weighted by Crippen LogP contribution is -2.76. The molecule has 0 radical (unpaired) electrons. The molecule has 4 aromatic rings. The van der Waals surface area contributed by atoms with E-state index in [2.05, 4.69) is 88.8 Å². The van der Waals surface area contributed by atoms with Gasteiger partial charge in [-0.15, -0.1) is 5.46 Å². The molecular formula is C43H56BN5O. The quantitative estimate of drug-likeness (QED) is 0.0686. The Labute approximate surface area is 300 Å². The molecule has 0 bridgehead atoms. The summed E-state index contributed by atoms with van der Waals surface area (Å²) < 4.78 is 8.44. The molecule has 7 heteroatoms. The molecule has 3 aromatic carbocycles. The predicted molar refractivity (Wildman–Crippen MR) is 212 cm³/mol. The zero-order chi connectivity index (χ0) is 34.3. The van der Waals surface area contributed by atoms with Gasteiger partial charge in [0, 0.05) is 23.3 Å². The molecule has 2 N–H and O–H groups in total. The molecule has 0 spiro atoms. The van der Waals surface area contributed by atoms with E-state index in [-0.39, 0.29) is 0 Å². The molecule has 262 valence electrons. The fraction of sp³-hybridized carbons (Fsp3) is 0.419. The van der Waals surface area contributed by atoms with Crippen LogP contribution in [0, 0.1) is 0 Å². The van der Waals surface area contributed by atoms with Gasteiger partial charge in [0.1, 0.15) is 5.75 Å². The highest BCUT2D eigenvalue weighted by Crippen LogP contribution is 2.26. The molecule has 1 aromatic heterocycles. The second-order valence-electron chi connectivity index (χ2n) is 14.1. The van der Waals surface area contributed by atoms with Crippen molar-refractivity contribution in [2.24, 2.45) is 9.81 Å². The first kappa shape index (κ1) is 35.4. The lowest BCUT2D eigenvalue weighted by Gasteiger charge is -2.42. The molecule has 0 saturated heterocycles. The van der Waals surface area contributed by atoms with Crippen LogP contribution >= 0.6 is 0 Å². The van der Waals surface area contributed by atoms with E-state index in [1.165, 1.54) is 96.3 Å². The number of hydrogen-bond donors (Lipinski definition) is 2. The molecule has 0 atom stereocenters. The number of nitrogens with one attached hydrogen (secondary N) is 2. The van der Waals surface area contributed by atoms with Crippen LogP contribution in [0.2, 0.25) is 0 Å². The van der Waals surface area contributed by atoms with Crippen molar-refractivity contribution in [3.05, 3.63) is 114 Å². The van der Waals surface area contributed by atoms with E-state index in [1.807, 2.05) is 36.4 Å². The average Bonchev–Trinajstić information content (AvgIpc) is 3.17. The first-order valence-electron chi connectivity index (χ1n) is 19.5. The first-order chi connectivity index (χ1) is 24.8. The van der Waals surface area contributed by atoms with Crippen molar-refractivity contribution < 1.29 is 9.21 Å². The van der Waals surface area contributed by atoms with E-state index in [9.17, 15) is 0 Å². The molecule has 0 amide bonds. The number of hydrogen-bond acceptors (Lipinski definition) is 5.